The van der Waals surface area contributed by atoms with Crippen molar-refractivity contribution in [3.8, 4) is 11.5 Å². The number of methoxy groups -OCH3 is 1. The molecule has 0 spiro atoms. The lowest BCUT2D eigenvalue weighted by molar-refractivity contribution is -0.113. The number of hydrogen-bond acceptors (Lipinski definition) is 5. The molecule has 0 unspecified atom stereocenters. The molecule has 1 aliphatic heterocycles. The lowest BCUT2D eigenvalue weighted by Crippen LogP contribution is -2.28. The third-order valence-corrected chi connectivity index (χ3v) is 5.63. The lowest BCUT2D eigenvalue weighted by atomic mass is 10.1. The molecule has 4 nitrogen and oxygen atoms in total. The first-order valence-electron chi connectivity index (χ1n) is 7.32. The van der Waals surface area contributed by atoms with Crippen LogP contribution in [-0.2, 0) is 4.79 Å². The van der Waals surface area contributed by atoms with Crippen molar-refractivity contribution in [3.63, 3.8) is 0 Å². The molecule has 0 radical (unpaired) electrons. The third kappa shape index (κ3) is 3.44. The van der Waals surface area contributed by atoms with Crippen LogP contribution < -0.4 is 9.64 Å². The minimum atomic E-state index is -0.160. The van der Waals surface area contributed by atoms with Gasteiger partial charge in [0, 0.05) is 0 Å². The van der Waals surface area contributed by atoms with E-state index in [-0.39, 0.29) is 11.7 Å². The normalized spacial score (nSPS) is 16.0. The first kappa shape index (κ1) is 18.0. The zero-order valence-corrected chi connectivity index (χ0v) is 16.7. The topological polar surface area (TPSA) is 49.8 Å². The zero-order chi connectivity index (χ0) is 18.1. The minimum absolute atomic E-state index is 0.0205. The van der Waals surface area contributed by atoms with E-state index in [4.69, 9.17) is 17.0 Å². The maximum atomic E-state index is 12.8. The molecule has 0 saturated carbocycles. The fourth-order valence-electron chi connectivity index (χ4n) is 2.47. The average Bonchev–Trinajstić information content (AvgIpc) is 2.85. The van der Waals surface area contributed by atoms with E-state index in [9.17, 15) is 9.90 Å². The van der Waals surface area contributed by atoms with Gasteiger partial charge in [-0.15, -0.1) is 0 Å². The molecule has 1 N–H and O–H groups in total. The van der Waals surface area contributed by atoms with Crippen molar-refractivity contribution in [1.82, 2.24) is 0 Å². The Balaban J connectivity index is 1.99. The van der Waals surface area contributed by atoms with Crippen molar-refractivity contribution >= 4 is 61.9 Å². The number of aryl methyl sites for hydroxylation is 1. The minimum Gasteiger partial charge on any atom is -0.503 e. The molecule has 0 aliphatic carbocycles. The van der Waals surface area contributed by atoms with Gasteiger partial charge in [0.05, 0.1) is 22.2 Å². The van der Waals surface area contributed by atoms with Gasteiger partial charge in [0.25, 0.3) is 5.91 Å². The second-order valence-corrected chi connectivity index (χ2v) is 7.89. The first-order chi connectivity index (χ1) is 11.9. The van der Waals surface area contributed by atoms with Crippen LogP contribution in [0.15, 0.2) is 45.8 Å². The van der Waals surface area contributed by atoms with E-state index in [2.05, 4.69) is 15.9 Å². The van der Waals surface area contributed by atoms with E-state index in [1.807, 2.05) is 31.2 Å². The Morgan fingerprint density at radius 1 is 1.32 bits per heavy atom. The number of anilines is 1. The average molecular weight is 436 g/mol. The van der Waals surface area contributed by atoms with Gasteiger partial charge < -0.3 is 9.84 Å². The summed E-state index contributed by atoms with van der Waals surface area (Å²) in [5.74, 6) is 0.189. The quantitative estimate of drug-likeness (QED) is 0.549. The number of thioether (sulfide) groups is 1. The molecule has 0 aromatic heterocycles. The number of ether oxygens (including phenoxy) is 1. The van der Waals surface area contributed by atoms with Crippen LogP contribution in [0, 0.1) is 6.92 Å². The SMILES string of the molecule is COc1cc(C=C2SC(=S)N(c3ccccc3C)C2=O)cc(Br)c1O. The number of benzene rings is 2. The number of carbonyl (C=O) groups excluding carboxylic acids is 1. The number of phenolic OH excluding ortho intramolecular Hbond substituents is 1. The van der Waals surface area contributed by atoms with E-state index in [1.54, 1.807) is 23.1 Å². The Hall–Kier alpha value is -1.83. The van der Waals surface area contributed by atoms with E-state index in [0.29, 0.717) is 19.4 Å². The fraction of sp³-hybridized carbons (Fsp3) is 0.111. The molecule has 0 bridgehead atoms. The van der Waals surface area contributed by atoms with Crippen molar-refractivity contribution in [2.24, 2.45) is 0 Å². The summed E-state index contributed by atoms with van der Waals surface area (Å²) in [5.41, 5.74) is 2.50. The van der Waals surface area contributed by atoms with E-state index in [1.165, 1.54) is 18.9 Å². The molecule has 2 aromatic rings. The van der Waals surface area contributed by atoms with Gasteiger partial charge in [-0.3, -0.25) is 9.69 Å². The molecule has 128 valence electrons. The Morgan fingerprint density at radius 2 is 2.04 bits per heavy atom. The lowest BCUT2D eigenvalue weighted by Gasteiger charge is -2.16. The smallest absolute Gasteiger partial charge is 0.270 e. The number of nitrogens with zero attached hydrogens (tertiary/aromatic N) is 1. The molecule has 0 atom stereocenters. The highest BCUT2D eigenvalue weighted by Gasteiger charge is 2.34. The van der Waals surface area contributed by atoms with Gasteiger partial charge >= 0.3 is 0 Å². The standard InChI is InChI=1S/C18H14BrNO3S2/c1-10-5-3-4-6-13(10)20-17(22)15(25-18(20)24)9-11-7-12(19)16(21)14(8-11)23-2/h3-9,21H,1-2H3. The van der Waals surface area contributed by atoms with E-state index in [0.717, 1.165) is 16.8 Å². The molecule has 1 amide bonds. The predicted octanol–water partition coefficient (Wildman–Crippen LogP) is 4.88. The van der Waals surface area contributed by atoms with Gasteiger partial charge in [-0.2, -0.15) is 0 Å². The van der Waals surface area contributed by atoms with E-state index >= 15 is 0 Å². The number of thiocarbonyl (C=S) groups is 1. The second kappa shape index (κ2) is 7.19. The van der Waals surface area contributed by atoms with Crippen molar-refractivity contribution in [1.29, 1.82) is 0 Å². The number of hydrogen-bond donors (Lipinski definition) is 1. The molecule has 7 heteroatoms. The highest BCUT2D eigenvalue weighted by atomic mass is 79.9. The summed E-state index contributed by atoms with van der Waals surface area (Å²) in [7, 11) is 1.48. The number of phenols is 1. The Labute approximate surface area is 163 Å². The Morgan fingerprint density at radius 3 is 2.72 bits per heavy atom. The summed E-state index contributed by atoms with van der Waals surface area (Å²) in [4.78, 5) is 14.9. The zero-order valence-electron chi connectivity index (χ0n) is 13.4. The van der Waals surface area contributed by atoms with Crippen LogP contribution >= 0.6 is 39.9 Å². The Kier molecular flexibility index (Phi) is 5.17. The summed E-state index contributed by atoms with van der Waals surface area (Å²) >= 11 is 9.94. The van der Waals surface area contributed by atoms with Crippen LogP contribution in [0.4, 0.5) is 5.69 Å². The number of carbonyl (C=O) groups is 1. The molecule has 25 heavy (non-hydrogen) atoms. The van der Waals surface area contributed by atoms with Gasteiger partial charge in [0.2, 0.25) is 0 Å². The number of para-hydroxylation sites is 1. The first-order valence-corrected chi connectivity index (χ1v) is 9.34. The van der Waals surface area contributed by atoms with Crippen LogP contribution in [-0.4, -0.2) is 22.4 Å². The molecule has 1 heterocycles. The van der Waals surface area contributed by atoms with Crippen molar-refractivity contribution in [3.05, 3.63) is 56.9 Å². The maximum Gasteiger partial charge on any atom is 0.270 e. The van der Waals surface area contributed by atoms with Crippen molar-refractivity contribution < 1.29 is 14.6 Å². The van der Waals surface area contributed by atoms with Crippen LogP contribution in [0.2, 0.25) is 0 Å². The largest absolute Gasteiger partial charge is 0.503 e. The van der Waals surface area contributed by atoms with Crippen molar-refractivity contribution in [2.75, 3.05) is 12.0 Å². The molecule has 1 aliphatic rings. The van der Waals surface area contributed by atoms with E-state index < -0.39 is 0 Å². The maximum absolute atomic E-state index is 12.8. The summed E-state index contributed by atoms with van der Waals surface area (Å²) in [6, 6.07) is 11.0. The van der Waals surface area contributed by atoms with Gasteiger partial charge in [0.1, 0.15) is 0 Å². The Bertz CT molecular complexity index is 911. The summed E-state index contributed by atoms with van der Waals surface area (Å²) < 4.78 is 6.14. The molecule has 2 aromatic carbocycles. The summed E-state index contributed by atoms with van der Waals surface area (Å²) in [5, 5.41) is 9.90. The van der Waals surface area contributed by atoms with Crippen LogP contribution in [0.3, 0.4) is 0 Å². The van der Waals surface area contributed by atoms with Crippen LogP contribution in [0.25, 0.3) is 6.08 Å². The molecule has 3 rings (SSSR count). The highest BCUT2D eigenvalue weighted by Crippen LogP contribution is 2.39. The highest BCUT2D eigenvalue weighted by molar-refractivity contribution is 9.10. The van der Waals surface area contributed by atoms with Gasteiger partial charge in [-0.05, 0) is 58.3 Å². The van der Waals surface area contributed by atoms with Crippen molar-refractivity contribution in [2.45, 2.75) is 6.92 Å². The number of amides is 1. The van der Waals surface area contributed by atoms with Crippen LogP contribution in [0.1, 0.15) is 11.1 Å². The third-order valence-electron chi connectivity index (χ3n) is 3.72. The molecular formula is C18H14BrNO3S2. The summed E-state index contributed by atoms with van der Waals surface area (Å²) in [6.45, 7) is 1.94. The molecular weight excluding hydrogens is 422 g/mol. The predicted molar refractivity (Wildman–Crippen MR) is 109 cm³/mol. The summed E-state index contributed by atoms with van der Waals surface area (Å²) in [6.07, 6.45) is 1.74. The van der Waals surface area contributed by atoms with Gasteiger partial charge in [-0.1, -0.05) is 42.2 Å². The number of rotatable bonds is 3. The van der Waals surface area contributed by atoms with Gasteiger partial charge in [0.15, 0.2) is 15.8 Å². The fourth-order valence-corrected chi connectivity index (χ4v) is 4.22. The number of halogens is 1. The number of aromatic hydroxyl groups is 1. The second-order valence-electron chi connectivity index (χ2n) is 5.36. The van der Waals surface area contributed by atoms with Gasteiger partial charge in [-0.25, -0.2) is 0 Å². The molecule has 1 fully saturated rings. The monoisotopic (exact) mass is 435 g/mol. The van der Waals surface area contributed by atoms with Crippen LogP contribution in [0.5, 0.6) is 11.5 Å². The molecule has 1 saturated heterocycles.